The number of esters is 1. The van der Waals surface area contributed by atoms with Gasteiger partial charge >= 0.3 is 5.97 Å². The quantitative estimate of drug-likeness (QED) is 0.541. The third-order valence-electron chi connectivity index (χ3n) is 3.01. The smallest absolute Gasteiger partial charge is 0.309 e. The van der Waals surface area contributed by atoms with Crippen molar-refractivity contribution in [3.8, 4) is 0 Å². The molecule has 2 N–H and O–H groups in total. The van der Waals surface area contributed by atoms with Crippen molar-refractivity contribution in [1.29, 1.82) is 0 Å². The number of carbonyl (C=O) groups is 1. The van der Waals surface area contributed by atoms with Gasteiger partial charge in [-0.3, -0.25) is 4.79 Å². The molecule has 3 heteroatoms. The summed E-state index contributed by atoms with van der Waals surface area (Å²) in [6.07, 6.45) is 5.20. The molecule has 3 nitrogen and oxygen atoms in total. The number of rotatable bonds is 5. The molecule has 0 radical (unpaired) electrons. The van der Waals surface area contributed by atoms with Gasteiger partial charge in [0.1, 0.15) is 0 Å². The van der Waals surface area contributed by atoms with E-state index in [-0.39, 0.29) is 11.9 Å². The predicted molar refractivity (Wildman–Crippen MR) is 55.8 cm³/mol. The highest BCUT2D eigenvalue weighted by atomic mass is 16.5. The minimum Gasteiger partial charge on any atom is -0.465 e. The molecule has 0 aliphatic heterocycles. The molecule has 1 aliphatic rings. The fraction of sp³-hybridized carbons (Fsp3) is 0.909. The number of nitrogens with two attached hydrogens (primary N) is 1. The van der Waals surface area contributed by atoms with Gasteiger partial charge in [-0.15, -0.1) is 0 Å². The Hall–Kier alpha value is -0.570. The summed E-state index contributed by atoms with van der Waals surface area (Å²) < 4.78 is 5.20. The van der Waals surface area contributed by atoms with E-state index in [1.807, 2.05) is 0 Å². The van der Waals surface area contributed by atoms with Crippen LogP contribution in [0.2, 0.25) is 0 Å². The van der Waals surface area contributed by atoms with Gasteiger partial charge in [-0.25, -0.2) is 0 Å². The second-order valence-corrected chi connectivity index (χ2v) is 4.05. The molecular weight excluding hydrogens is 178 g/mol. The van der Waals surface area contributed by atoms with Gasteiger partial charge in [0.2, 0.25) is 0 Å². The zero-order chi connectivity index (χ0) is 10.4. The van der Waals surface area contributed by atoms with Crippen molar-refractivity contribution in [2.45, 2.75) is 39.0 Å². The fourth-order valence-electron chi connectivity index (χ4n) is 2.05. The molecule has 0 unspecified atom stereocenters. The van der Waals surface area contributed by atoms with Gasteiger partial charge in [0.15, 0.2) is 0 Å². The lowest BCUT2D eigenvalue weighted by Gasteiger charge is -2.16. The van der Waals surface area contributed by atoms with Crippen LogP contribution in [0.3, 0.4) is 0 Å². The van der Waals surface area contributed by atoms with Gasteiger partial charge in [-0.1, -0.05) is 19.8 Å². The summed E-state index contributed by atoms with van der Waals surface area (Å²) in [5, 5.41) is 0. The molecule has 0 spiro atoms. The average molecular weight is 199 g/mol. The predicted octanol–water partition coefficient (Wildman–Crippen LogP) is 1.70. The van der Waals surface area contributed by atoms with Crippen molar-refractivity contribution in [2.24, 2.45) is 17.6 Å². The Labute approximate surface area is 86.0 Å². The molecule has 1 fully saturated rings. The zero-order valence-electron chi connectivity index (χ0n) is 9.00. The van der Waals surface area contributed by atoms with E-state index in [1.54, 1.807) is 0 Å². The average Bonchev–Trinajstić information content (AvgIpc) is 2.65. The number of unbranched alkanes of at least 4 members (excludes halogenated alkanes) is 1. The van der Waals surface area contributed by atoms with Crippen LogP contribution >= 0.6 is 0 Å². The van der Waals surface area contributed by atoms with Crippen LogP contribution in [0.25, 0.3) is 0 Å². The van der Waals surface area contributed by atoms with E-state index in [4.69, 9.17) is 10.5 Å². The summed E-state index contributed by atoms with van der Waals surface area (Å²) in [4.78, 5) is 11.6. The van der Waals surface area contributed by atoms with Crippen LogP contribution in [0.5, 0.6) is 0 Å². The summed E-state index contributed by atoms with van der Waals surface area (Å²) in [6, 6.07) is 0. The van der Waals surface area contributed by atoms with E-state index in [9.17, 15) is 4.79 Å². The monoisotopic (exact) mass is 199 g/mol. The summed E-state index contributed by atoms with van der Waals surface area (Å²) in [5.41, 5.74) is 5.61. The highest BCUT2D eigenvalue weighted by molar-refractivity contribution is 5.73. The lowest BCUT2D eigenvalue weighted by molar-refractivity contribution is -0.149. The first-order valence-corrected chi connectivity index (χ1v) is 5.66. The highest BCUT2D eigenvalue weighted by Crippen LogP contribution is 2.31. The first-order chi connectivity index (χ1) is 6.79. The van der Waals surface area contributed by atoms with Gasteiger partial charge in [0, 0.05) is 0 Å². The molecule has 82 valence electrons. The number of hydrogen-bond acceptors (Lipinski definition) is 3. The van der Waals surface area contributed by atoms with Crippen molar-refractivity contribution in [1.82, 2.24) is 0 Å². The lowest BCUT2D eigenvalue weighted by atomic mass is 9.96. The molecule has 0 amide bonds. The van der Waals surface area contributed by atoms with Crippen molar-refractivity contribution in [2.75, 3.05) is 13.2 Å². The maximum Gasteiger partial charge on any atom is 0.309 e. The molecule has 1 rings (SSSR count). The summed E-state index contributed by atoms with van der Waals surface area (Å²) in [6.45, 7) is 3.28. The second-order valence-electron chi connectivity index (χ2n) is 4.05. The lowest BCUT2D eigenvalue weighted by Crippen LogP contribution is -2.26. The van der Waals surface area contributed by atoms with E-state index >= 15 is 0 Å². The Bertz CT molecular complexity index is 182. The van der Waals surface area contributed by atoms with Gasteiger partial charge in [-0.2, -0.15) is 0 Å². The van der Waals surface area contributed by atoms with Gasteiger partial charge < -0.3 is 10.5 Å². The Balaban J connectivity index is 2.28. The largest absolute Gasteiger partial charge is 0.465 e. The molecule has 2 atom stereocenters. The van der Waals surface area contributed by atoms with Crippen molar-refractivity contribution < 1.29 is 9.53 Å². The maximum atomic E-state index is 11.6. The third-order valence-corrected chi connectivity index (χ3v) is 3.01. The van der Waals surface area contributed by atoms with Crippen molar-refractivity contribution in [3.63, 3.8) is 0 Å². The molecule has 1 aliphatic carbocycles. The SMILES string of the molecule is CCCCOC(=O)[C@@H]1CCC[C@H]1CN. The van der Waals surface area contributed by atoms with E-state index < -0.39 is 0 Å². The first kappa shape index (κ1) is 11.5. The molecule has 14 heavy (non-hydrogen) atoms. The van der Waals surface area contributed by atoms with Crippen LogP contribution in [-0.4, -0.2) is 19.1 Å². The van der Waals surface area contributed by atoms with Gasteiger partial charge in [0.05, 0.1) is 12.5 Å². The Morgan fingerprint density at radius 2 is 2.29 bits per heavy atom. The van der Waals surface area contributed by atoms with Crippen molar-refractivity contribution >= 4 is 5.97 Å². The first-order valence-electron chi connectivity index (χ1n) is 5.66. The van der Waals surface area contributed by atoms with Gasteiger partial charge in [0.25, 0.3) is 0 Å². The van der Waals surface area contributed by atoms with E-state index in [1.165, 1.54) is 0 Å². The normalized spacial score (nSPS) is 26.4. The van der Waals surface area contributed by atoms with E-state index in [2.05, 4.69) is 6.92 Å². The summed E-state index contributed by atoms with van der Waals surface area (Å²) >= 11 is 0. The van der Waals surface area contributed by atoms with Crippen LogP contribution in [0.4, 0.5) is 0 Å². The standard InChI is InChI=1S/C11H21NO2/c1-2-3-7-14-11(13)10-6-4-5-9(10)8-12/h9-10H,2-8,12H2,1H3/t9-,10+/m0/s1. The highest BCUT2D eigenvalue weighted by Gasteiger charge is 2.32. The molecule has 0 aromatic heterocycles. The number of hydrogen-bond donors (Lipinski definition) is 1. The van der Waals surface area contributed by atoms with Gasteiger partial charge in [-0.05, 0) is 31.7 Å². The van der Waals surface area contributed by atoms with Crippen LogP contribution < -0.4 is 5.73 Å². The molecule has 1 saturated carbocycles. The number of carbonyl (C=O) groups excluding carboxylic acids is 1. The summed E-state index contributed by atoms with van der Waals surface area (Å²) in [7, 11) is 0. The second kappa shape index (κ2) is 6.02. The molecule has 0 saturated heterocycles. The van der Waals surface area contributed by atoms with E-state index in [0.717, 1.165) is 32.1 Å². The van der Waals surface area contributed by atoms with Crippen LogP contribution in [0, 0.1) is 11.8 Å². The summed E-state index contributed by atoms with van der Waals surface area (Å²) in [5.74, 6) is 0.424. The molecular formula is C11H21NO2. The fourth-order valence-corrected chi connectivity index (χ4v) is 2.05. The van der Waals surface area contributed by atoms with Crippen LogP contribution in [0.15, 0.2) is 0 Å². The van der Waals surface area contributed by atoms with Crippen molar-refractivity contribution in [3.05, 3.63) is 0 Å². The minimum atomic E-state index is -0.0219. The Morgan fingerprint density at radius 3 is 2.93 bits per heavy atom. The van der Waals surface area contributed by atoms with Crippen LogP contribution in [-0.2, 0) is 9.53 Å². The molecule has 0 aromatic rings. The minimum absolute atomic E-state index is 0.0219. The molecule has 0 bridgehead atoms. The Morgan fingerprint density at radius 1 is 1.50 bits per heavy atom. The maximum absolute atomic E-state index is 11.6. The number of ether oxygens (including phenoxy) is 1. The third kappa shape index (κ3) is 2.98. The molecule has 0 heterocycles. The zero-order valence-corrected chi connectivity index (χ0v) is 9.00. The van der Waals surface area contributed by atoms with Crippen LogP contribution in [0.1, 0.15) is 39.0 Å². The topological polar surface area (TPSA) is 52.3 Å². The Kier molecular flexibility index (Phi) is 4.94. The molecule has 0 aromatic carbocycles. The van der Waals surface area contributed by atoms with E-state index in [0.29, 0.717) is 19.1 Å².